The molecule has 3 aromatic rings. The van der Waals surface area contributed by atoms with E-state index in [1.54, 1.807) is 28.3 Å². The van der Waals surface area contributed by atoms with Gasteiger partial charge in [0.1, 0.15) is 6.04 Å². The van der Waals surface area contributed by atoms with E-state index in [0.29, 0.717) is 5.69 Å². The molecule has 0 spiro atoms. The molecule has 2 N–H and O–H groups in total. The van der Waals surface area contributed by atoms with E-state index in [0.717, 1.165) is 9.77 Å². The highest BCUT2D eigenvalue weighted by molar-refractivity contribution is 7.98. The van der Waals surface area contributed by atoms with Gasteiger partial charge in [-0.15, -0.1) is 23.1 Å². The molecule has 2 amide bonds. The fourth-order valence-corrected chi connectivity index (χ4v) is 3.84. The van der Waals surface area contributed by atoms with Gasteiger partial charge in [-0.05, 0) is 35.9 Å². The van der Waals surface area contributed by atoms with Crippen LogP contribution in [0.3, 0.4) is 0 Å². The summed E-state index contributed by atoms with van der Waals surface area (Å²) in [5, 5.41) is 11.6. The Morgan fingerprint density at radius 2 is 2.04 bits per heavy atom. The first-order valence-corrected chi connectivity index (χ1v) is 10.0. The Bertz CT molecular complexity index is 829. The van der Waals surface area contributed by atoms with Crippen LogP contribution >= 0.6 is 23.1 Å². The molecule has 0 bridgehead atoms. The Morgan fingerprint density at radius 3 is 2.73 bits per heavy atom. The summed E-state index contributed by atoms with van der Waals surface area (Å²) >= 11 is 3.09. The monoisotopic (exact) mass is 386 g/mol. The zero-order valence-corrected chi connectivity index (χ0v) is 15.7. The molecule has 0 radical (unpaired) electrons. The highest BCUT2D eigenvalue weighted by atomic mass is 32.2. The minimum atomic E-state index is -0.683. The Hall–Kier alpha value is -2.58. The van der Waals surface area contributed by atoms with E-state index in [1.165, 1.54) is 11.8 Å². The zero-order chi connectivity index (χ0) is 18.4. The Labute approximate surface area is 159 Å². The summed E-state index contributed by atoms with van der Waals surface area (Å²) in [6.07, 6.45) is 5.45. The maximum atomic E-state index is 12.2. The number of carbonyl (C=O) groups is 2. The first-order valence-electron chi connectivity index (χ1n) is 7.93. The molecule has 2 aromatic heterocycles. The third kappa shape index (κ3) is 4.33. The van der Waals surface area contributed by atoms with Gasteiger partial charge in [0.05, 0.1) is 5.69 Å². The van der Waals surface area contributed by atoms with Crippen LogP contribution in [0.1, 0.15) is 10.9 Å². The van der Waals surface area contributed by atoms with Crippen molar-refractivity contribution in [2.45, 2.75) is 10.9 Å². The van der Waals surface area contributed by atoms with Gasteiger partial charge < -0.3 is 10.6 Å². The molecular formula is C18H18N4O2S2. The maximum Gasteiger partial charge on any atom is 0.313 e. The van der Waals surface area contributed by atoms with Crippen LogP contribution < -0.4 is 10.6 Å². The number of amides is 2. The molecule has 26 heavy (non-hydrogen) atoms. The predicted molar refractivity (Wildman–Crippen MR) is 105 cm³/mol. The summed E-state index contributed by atoms with van der Waals surface area (Å²) < 4.78 is 1.77. The lowest BCUT2D eigenvalue weighted by atomic mass is 10.2. The fourth-order valence-electron chi connectivity index (χ4n) is 2.47. The van der Waals surface area contributed by atoms with Crippen LogP contribution in [0.2, 0.25) is 0 Å². The molecule has 0 saturated heterocycles. The molecule has 1 atom stereocenters. The second-order valence-corrected chi connectivity index (χ2v) is 7.21. The van der Waals surface area contributed by atoms with Crippen LogP contribution in [0.25, 0.3) is 0 Å². The van der Waals surface area contributed by atoms with Gasteiger partial charge in [0, 0.05) is 28.7 Å². The van der Waals surface area contributed by atoms with E-state index in [1.807, 2.05) is 54.2 Å². The standard InChI is InChI=1S/C18H18N4O2S2/c1-25-15-7-3-2-6-13(15)21-18(24)17(23)19-12-14(16-8-4-11-26-16)22-10-5-9-20-22/h2-11,14H,12H2,1H3,(H,19,23)(H,21,24). The summed E-state index contributed by atoms with van der Waals surface area (Å²) in [7, 11) is 0. The van der Waals surface area contributed by atoms with Gasteiger partial charge in [0.15, 0.2) is 0 Å². The molecule has 0 aliphatic rings. The largest absolute Gasteiger partial charge is 0.345 e. The molecule has 0 fully saturated rings. The first-order chi connectivity index (χ1) is 12.7. The number of thioether (sulfide) groups is 1. The van der Waals surface area contributed by atoms with E-state index in [2.05, 4.69) is 15.7 Å². The van der Waals surface area contributed by atoms with Crippen molar-refractivity contribution in [2.75, 3.05) is 18.1 Å². The third-order valence-electron chi connectivity index (χ3n) is 3.73. The van der Waals surface area contributed by atoms with Crippen LogP contribution in [0.5, 0.6) is 0 Å². The minimum Gasteiger partial charge on any atom is -0.345 e. The predicted octanol–water partition coefficient (Wildman–Crippen LogP) is 3.01. The molecular weight excluding hydrogens is 368 g/mol. The Balaban J connectivity index is 1.64. The van der Waals surface area contributed by atoms with Crippen molar-refractivity contribution in [1.82, 2.24) is 15.1 Å². The summed E-state index contributed by atoms with van der Waals surface area (Å²) in [6.45, 7) is 0.276. The smallest absolute Gasteiger partial charge is 0.313 e. The summed E-state index contributed by atoms with van der Waals surface area (Å²) in [5.74, 6) is -1.36. The summed E-state index contributed by atoms with van der Waals surface area (Å²) in [5.41, 5.74) is 0.627. The van der Waals surface area contributed by atoms with Gasteiger partial charge in [0.2, 0.25) is 0 Å². The van der Waals surface area contributed by atoms with E-state index in [-0.39, 0.29) is 12.6 Å². The third-order valence-corrected chi connectivity index (χ3v) is 5.50. The number of anilines is 1. The normalized spacial score (nSPS) is 11.7. The van der Waals surface area contributed by atoms with Crippen molar-refractivity contribution in [3.05, 3.63) is 65.1 Å². The van der Waals surface area contributed by atoms with Gasteiger partial charge in [-0.3, -0.25) is 14.3 Å². The average Bonchev–Trinajstić information content (AvgIpc) is 3.36. The van der Waals surface area contributed by atoms with Crippen LogP contribution in [-0.4, -0.2) is 34.4 Å². The molecule has 134 valence electrons. The van der Waals surface area contributed by atoms with Crippen molar-refractivity contribution in [3.8, 4) is 0 Å². The lowest BCUT2D eigenvalue weighted by Gasteiger charge is -2.17. The maximum absolute atomic E-state index is 12.2. The highest BCUT2D eigenvalue weighted by Gasteiger charge is 2.20. The van der Waals surface area contributed by atoms with Crippen LogP contribution in [-0.2, 0) is 9.59 Å². The topological polar surface area (TPSA) is 76.0 Å². The van der Waals surface area contributed by atoms with E-state index < -0.39 is 11.8 Å². The lowest BCUT2D eigenvalue weighted by molar-refractivity contribution is -0.136. The fraction of sp³-hybridized carbons (Fsp3) is 0.167. The highest BCUT2D eigenvalue weighted by Crippen LogP contribution is 2.24. The summed E-state index contributed by atoms with van der Waals surface area (Å²) in [4.78, 5) is 26.4. The van der Waals surface area contributed by atoms with Gasteiger partial charge in [0.25, 0.3) is 0 Å². The Morgan fingerprint density at radius 1 is 1.19 bits per heavy atom. The number of nitrogens with one attached hydrogen (secondary N) is 2. The number of hydrogen-bond donors (Lipinski definition) is 2. The first kappa shape index (κ1) is 18.2. The molecule has 0 saturated carbocycles. The Kier molecular flexibility index (Phi) is 6.08. The molecule has 6 nitrogen and oxygen atoms in total. The number of rotatable bonds is 6. The number of hydrogen-bond acceptors (Lipinski definition) is 5. The molecule has 1 aromatic carbocycles. The number of para-hydroxylation sites is 1. The van der Waals surface area contributed by atoms with Gasteiger partial charge >= 0.3 is 11.8 Å². The number of thiophene rings is 1. The van der Waals surface area contributed by atoms with Crippen molar-refractivity contribution in [2.24, 2.45) is 0 Å². The summed E-state index contributed by atoms with van der Waals surface area (Å²) in [6, 6.07) is 13.0. The van der Waals surface area contributed by atoms with Crippen LogP contribution in [0.4, 0.5) is 5.69 Å². The second kappa shape index (κ2) is 8.68. The van der Waals surface area contributed by atoms with Crippen LogP contribution in [0.15, 0.2) is 65.1 Å². The lowest BCUT2D eigenvalue weighted by Crippen LogP contribution is -2.38. The van der Waals surface area contributed by atoms with Gasteiger partial charge in [-0.1, -0.05) is 18.2 Å². The number of aromatic nitrogens is 2. The van der Waals surface area contributed by atoms with E-state index in [9.17, 15) is 9.59 Å². The van der Waals surface area contributed by atoms with Crippen molar-refractivity contribution in [3.63, 3.8) is 0 Å². The van der Waals surface area contributed by atoms with Crippen LogP contribution in [0, 0.1) is 0 Å². The van der Waals surface area contributed by atoms with Crippen molar-refractivity contribution < 1.29 is 9.59 Å². The molecule has 1 unspecified atom stereocenters. The van der Waals surface area contributed by atoms with E-state index in [4.69, 9.17) is 0 Å². The molecule has 2 heterocycles. The van der Waals surface area contributed by atoms with Crippen molar-refractivity contribution in [1.29, 1.82) is 0 Å². The number of carbonyl (C=O) groups excluding carboxylic acids is 2. The van der Waals surface area contributed by atoms with E-state index >= 15 is 0 Å². The molecule has 0 aliphatic heterocycles. The molecule has 3 rings (SSSR count). The molecule has 8 heteroatoms. The number of nitrogens with zero attached hydrogens (tertiary/aromatic N) is 2. The molecule has 0 aliphatic carbocycles. The number of benzene rings is 1. The average molecular weight is 387 g/mol. The quantitative estimate of drug-likeness (QED) is 0.504. The van der Waals surface area contributed by atoms with Crippen molar-refractivity contribution >= 4 is 40.6 Å². The zero-order valence-electron chi connectivity index (χ0n) is 14.1. The minimum absolute atomic E-state index is 0.153. The SMILES string of the molecule is CSc1ccccc1NC(=O)C(=O)NCC(c1cccs1)n1cccn1. The van der Waals surface area contributed by atoms with Gasteiger partial charge in [-0.2, -0.15) is 5.10 Å². The van der Waals surface area contributed by atoms with Gasteiger partial charge in [-0.25, -0.2) is 0 Å². The second-order valence-electron chi connectivity index (χ2n) is 5.38.